The molecule has 0 aliphatic carbocycles. The quantitative estimate of drug-likeness (QED) is 0.0222. The first-order valence-electron chi connectivity index (χ1n) is 44.0. The van der Waals surface area contributed by atoms with Crippen LogP contribution in [0.15, 0.2) is 0 Å². The van der Waals surface area contributed by atoms with E-state index in [0.29, 0.717) is 25.7 Å². The molecular formula is C85H166O17P2. The normalized spacial score (nSPS) is 14.1. The largest absolute Gasteiger partial charge is 0.472 e. The highest BCUT2D eigenvalue weighted by Gasteiger charge is 2.30. The molecule has 0 saturated heterocycles. The van der Waals surface area contributed by atoms with E-state index in [1.807, 2.05) is 0 Å². The number of aliphatic hydroxyl groups excluding tert-OH is 1. The van der Waals surface area contributed by atoms with Gasteiger partial charge in [-0.2, -0.15) is 0 Å². The van der Waals surface area contributed by atoms with Crippen molar-refractivity contribution in [2.24, 2.45) is 11.8 Å². The molecular weight excluding hydrogens is 1350 g/mol. The molecule has 618 valence electrons. The molecule has 104 heavy (non-hydrogen) atoms. The van der Waals surface area contributed by atoms with Gasteiger partial charge in [0.15, 0.2) is 12.2 Å². The molecule has 0 fully saturated rings. The van der Waals surface area contributed by atoms with Crippen LogP contribution < -0.4 is 0 Å². The molecule has 0 saturated carbocycles. The van der Waals surface area contributed by atoms with E-state index in [1.54, 1.807) is 0 Å². The molecule has 0 aromatic rings. The number of ether oxygens (including phenoxy) is 4. The highest BCUT2D eigenvalue weighted by Crippen LogP contribution is 2.45. The molecule has 6 atom stereocenters. The zero-order chi connectivity index (χ0) is 76.4. The second-order valence-electron chi connectivity index (χ2n) is 31.3. The van der Waals surface area contributed by atoms with Gasteiger partial charge in [0.1, 0.15) is 19.3 Å². The molecule has 0 aliphatic heterocycles. The van der Waals surface area contributed by atoms with Crippen molar-refractivity contribution in [3.63, 3.8) is 0 Å². The molecule has 0 amide bonds. The Morgan fingerprint density at radius 2 is 0.490 bits per heavy atom. The number of aliphatic hydroxyl groups is 1. The van der Waals surface area contributed by atoms with E-state index in [-0.39, 0.29) is 25.7 Å². The number of esters is 4. The van der Waals surface area contributed by atoms with E-state index in [1.165, 1.54) is 270 Å². The van der Waals surface area contributed by atoms with Gasteiger partial charge in [-0.05, 0) is 37.5 Å². The number of carbonyl (C=O) groups excluding carboxylic acids is 4. The SMILES string of the molecule is CCCCCCCCCCCCCCCCCC(=O)O[C@H](COC(=O)CCCCCCCCCCCCCCC)COP(=O)(O)OC[C@H](O)COP(=O)(O)OC[C@@H](COC(=O)CCCCCCCCCCCCCCCCC(C)CC)OC(=O)CCCCCCCCCCCCCCCCCC(C)C. The number of unbranched alkanes of at least 4 members (excludes halogenated alkanes) is 53. The summed E-state index contributed by atoms with van der Waals surface area (Å²) < 4.78 is 68.9. The monoisotopic (exact) mass is 1520 g/mol. The first-order valence-corrected chi connectivity index (χ1v) is 47.0. The van der Waals surface area contributed by atoms with E-state index in [0.717, 1.165) is 102 Å². The van der Waals surface area contributed by atoms with Crippen molar-refractivity contribution in [2.75, 3.05) is 39.6 Å². The van der Waals surface area contributed by atoms with Crippen molar-refractivity contribution in [1.29, 1.82) is 0 Å². The summed E-state index contributed by atoms with van der Waals surface area (Å²) in [6, 6.07) is 0. The van der Waals surface area contributed by atoms with Gasteiger partial charge in [-0.1, -0.05) is 401 Å². The van der Waals surface area contributed by atoms with Gasteiger partial charge in [0.25, 0.3) is 0 Å². The Morgan fingerprint density at radius 3 is 0.731 bits per heavy atom. The minimum absolute atomic E-state index is 0.108. The maximum Gasteiger partial charge on any atom is 0.472 e. The predicted octanol–water partition coefficient (Wildman–Crippen LogP) is 25.8. The van der Waals surface area contributed by atoms with Gasteiger partial charge in [-0.25, -0.2) is 9.13 Å². The third kappa shape index (κ3) is 76.8. The highest BCUT2D eigenvalue weighted by atomic mass is 31.2. The van der Waals surface area contributed by atoms with Crippen molar-refractivity contribution in [3.05, 3.63) is 0 Å². The van der Waals surface area contributed by atoms with Gasteiger partial charge in [0.05, 0.1) is 26.4 Å². The number of phosphoric acid groups is 2. The zero-order valence-electron chi connectivity index (χ0n) is 68.3. The topological polar surface area (TPSA) is 237 Å². The molecule has 17 nitrogen and oxygen atoms in total. The van der Waals surface area contributed by atoms with Crippen LogP contribution in [-0.2, 0) is 65.4 Å². The van der Waals surface area contributed by atoms with E-state index in [2.05, 4.69) is 41.5 Å². The lowest BCUT2D eigenvalue weighted by atomic mass is 9.99. The van der Waals surface area contributed by atoms with Crippen LogP contribution in [-0.4, -0.2) is 96.7 Å². The number of phosphoric ester groups is 2. The average Bonchev–Trinajstić information content (AvgIpc) is 1.06. The van der Waals surface area contributed by atoms with Crippen LogP contribution in [0.5, 0.6) is 0 Å². The number of rotatable bonds is 84. The standard InChI is InChI=1S/C85H166O17P2/c1-7-10-12-14-16-18-20-22-24-33-39-45-51-57-63-69-84(89)101-80(73-95-82(87)67-61-55-49-43-37-29-21-19-17-15-13-11-8-2)75-99-103(91,92)97-71-79(86)72-98-104(93,94)100-76-81(102-85(90)70-64-58-52-46-40-34-26-23-25-30-35-41-47-53-59-65-77(4)5)74-96-83(88)68-62-56-50-44-38-32-28-27-31-36-42-48-54-60-66-78(6)9-3/h77-81,86H,7-76H2,1-6H3,(H,91,92)(H,93,94)/t78?,79-,80+,81+/m0/s1. The van der Waals surface area contributed by atoms with Crippen molar-refractivity contribution < 1.29 is 80.2 Å². The van der Waals surface area contributed by atoms with Gasteiger partial charge in [-0.15, -0.1) is 0 Å². The van der Waals surface area contributed by atoms with Gasteiger partial charge in [0, 0.05) is 25.7 Å². The average molecular weight is 1520 g/mol. The Morgan fingerprint density at radius 1 is 0.279 bits per heavy atom. The molecule has 0 bridgehead atoms. The summed E-state index contributed by atoms with van der Waals surface area (Å²) in [4.78, 5) is 73.2. The van der Waals surface area contributed by atoms with Gasteiger partial charge in [0.2, 0.25) is 0 Å². The lowest BCUT2D eigenvalue weighted by Crippen LogP contribution is -2.30. The molecule has 0 aliphatic rings. The molecule has 0 radical (unpaired) electrons. The maximum atomic E-state index is 13.1. The summed E-state index contributed by atoms with van der Waals surface area (Å²) in [6.45, 7) is 9.76. The van der Waals surface area contributed by atoms with Gasteiger partial charge < -0.3 is 33.8 Å². The van der Waals surface area contributed by atoms with Gasteiger partial charge in [-0.3, -0.25) is 37.3 Å². The number of carbonyl (C=O) groups is 4. The minimum Gasteiger partial charge on any atom is -0.462 e. The van der Waals surface area contributed by atoms with E-state index >= 15 is 0 Å². The fourth-order valence-corrected chi connectivity index (χ4v) is 14.8. The van der Waals surface area contributed by atoms with Crippen molar-refractivity contribution in [2.45, 2.75) is 471 Å². The Hall–Kier alpha value is -1.94. The molecule has 0 spiro atoms. The fourth-order valence-electron chi connectivity index (χ4n) is 13.2. The summed E-state index contributed by atoms with van der Waals surface area (Å²) >= 11 is 0. The third-order valence-corrected chi connectivity index (χ3v) is 22.2. The summed E-state index contributed by atoms with van der Waals surface area (Å²) in [6.07, 6.45) is 67.7. The smallest absolute Gasteiger partial charge is 0.462 e. The Kier molecular flexibility index (Phi) is 75.0. The van der Waals surface area contributed by atoms with Crippen LogP contribution in [0.4, 0.5) is 0 Å². The van der Waals surface area contributed by atoms with Crippen molar-refractivity contribution >= 4 is 39.5 Å². The first kappa shape index (κ1) is 102. The Labute approximate surface area is 638 Å². The van der Waals surface area contributed by atoms with Crippen LogP contribution in [0.25, 0.3) is 0 Å². The predicted molar refractivity (Wildman–Crippen MR) is 428 cm³/mol. The van der Waals surface area contributed by atoms with Crippen LogP contribution in [0.1, 0.15) is 452 Å². The number of hydrogen-bond acceptors (Lipinski definition) is 15. The van der Waals surface area contributed by atoms with Crippen molar-refractivity contribution in [1.82, 2.24) is 0 Å². The van der Waals surface area contributed by atoms with Crippen LogP contribution in [0, 0.1) is 11.8 Å². The fraction of sp³-hybridized carbons (Fsp3) is 0.953. The summed E-state index contributed by atoms with van der Waals surface area (Å²) in [5.74, 6) is -0.447. The summed E-state index contributed by atoms with van der Waals surface area (Å²) in [5, 5.41) is 10.7. The Balaban J connectivity index is 5.27. The van der Waals surface area contributed by atoms with Crippen LogP contribution in [0.3, 0.4) is 0 Å². The highest BCUT2D eigenvalue weighted by molar-refractivity contribution is 7.47. The van der Waals surface area contributed by atoms with Crippen LogP contribution in [0.2, 0.25) is 0 Å². The molecule has 0 heterocycles. The summed E-state index contributed by atoms with van der Waals surface area (Å²) in [7, 11) is -9.93. The molecule has 0 aromatic carbocycles. The van der Waals surface area contributed by atoms with E-state index in [9.17, 15) is 43.2 Å². The maximum absolute atomic E-state index is 13.1. The van der Waals surface area contributed by atoms with Gasteiger partial charge >= 0.3 is 39.5 Å². The zero-order valence-corrected chi connectivity index (χ0v) is 70.1. The van der Waals surface area contributed by atoms with E-state index < -0.39 is 97.5 Å². The first-order chi connectivity index (χ1) is 50.4. The molecule has 3 unspecified atom stereocenters. The summed E-state index contributed by atoms with van der Waals surface area (Å²) in [5.41, 5.74) is 0. The van der Waals surface area contributed by atoms with Crippen molar-refractivity contribution in [3.8, 4) is 0 Å². The second kappa shape index (κ2) is 76.4. The number of hydrogen-bond donors (Lipinski definition) is 3. The lowest BCUT2D eigenvalue weighted by Gasteiger charge is -2.21. The second-order valence-corrected chi connectivity index (χ2v) is 34.2. The molecule has 0 rings (SSSR count). The molecule has 3 N–H and O–H groups in total. The third-order valence-electron chi connectivity index (χ3n) is 20.3. The lowest BCUT2D eigenvalue weighted by molar-refractivity contribution is -0.161. The molecule has 19 heteroatoms. The van der Waals surface area contributed by atoms with E-state index in [4.69, 9.17) is 37.0 Å². The minimum atomic E-state index is -4.97. The molecule has 0 aromatic heterocycles. The van der Waals surface area contributed by atoms with Crippen LogP contribution >= 0.6 is 15.6 Å². The Bertz CT molecular complexity index is 2000.